The summed E-state index contributed by atoms with van der Waals surface area (Å²) in [6.45, 7) is 10.2. The number of carbonyl (C=O) groups is 1. The van der Waals surface area contributed by atoms with Crippen LogP contribution in [0, 0.1) is 5.92 Å². The van der Waals surface area contributed by atoms with Crippen molar-refractivity contribution in [2.75, 3.05) is 13.2 Å². The van der Waals surface area contributed by atoms with Gasteiger partial charge in [0.25, 0.3) is 0 Å². The number of rotatable bonds is 7. The lowest BCUT2D eigenvalue weighted by molar-refractivity contribution is -0.145. The van der Waals surface area contributed by atoms with Crippen molar-refractivity contribution in [2.45, 2.75) is 52.7 Å². The minimum atomic E-state index is -0.783. The maximum atomic E-state index is 11.3. The molecule has 0 saturated carbocycles. The summed E-state index contributed by atoms with van der Waals surface area (Å²) in [6, 6.07) is -0.376. The van der Waals surface area contributed by atoms with Crippen LogP contribution in [0.3, 0.4) is 0 Å². The number of carbonyl (C=O) groups excluding carboxylic acids is 1. The molecule has 0 aromatic heterocycles. The number of hydrogen-bond acceptors (Lipinski definition) is 4. The fraction of sp³-hybridized carbons (Fsp3) is 0.917. The number of ether oxygens (including phenoxy) is 1. The SMILES string of the molecule is CCOC(=O)C(C)NCC(C)(O)CC(C)C. The summed E-state index contributed by atoms with van der Waals surface area (Å²) in [6.07, 6.45) is 0.704. The van der Waals surface area contributed by atoms with Crippen LogP contribution in [0.2, 0.25) is 0 Å². The van der Waals surface area contributed by atoms with Crippen molar-refractivity contribution in [3.8, 4) is 0 Å². The van der Waals surface area contributed by atoms with Crippen molar-refractivity contribution in [3.05, 3.63) is 0 Å². The fourth-order valence-electron chi connectivity index (χ4n) is 1.68. The lowest BCUT2D eigenvalue weighted by atomic mass is 9.94. The number of nitrogens with one attached hydrogen (secondary N) is 1. The van der Waals surface area contributed by atoms with E-state index in [1.807, 2.05) is 0 Å². The molecule has 0 bridgehead atoms. The van der Waals surface area contributed by atoms with E-state index in [1.165, 1.54) is 0 Å². The van der Waals surface area contributed by atoms with Gasteiger partial charge in [0.1, 0.15) is 6.04 Å². The second kappa shape index (κ2) is 6.86. The van der Waals surface area contributed by atoms with Gasteiger partial charge in [-0.05, 0) is 33.1 Å². The molecule has 0 rings (SSSR count). The average Bonchev–Trinajstić information content (AvgIpc) is 2.12. The number of hydrogen-bond donors (Lipinski definition) is 2. The Morgan fingerprint density at radius 2 is 2.00 bits per heavy atom. The molecule has 2 atom stereocenters. The summed E-state index contributed by atoms with van der Waals surface area (Å²) >= 11 is 0. The second-order valence-corrected chi connectivity index (χ2v) is 4.95. The molecule has 0 aromatic carbocycles. The molecule has 4 heteroatoms. The van der Waals surface area contributed by atoms with Crippen LogP contribution in [0.4, 0.5) is 0 Å². The molecule has 0 spiro atoms. The highest BCUT2D eigenvalue weighted by Gasteiger charge is 2.24. The topological polar surface area (TPSA) is 58.6 Å². The number of aliphatic hydroxyl groups is 1. The van der Waals surface area contributed by atoms with E-state index >= 15 is 0 Å². The van der Waals surface area contributed by atoms with Gasteiger partial charge in [-0.15, -0.1) is 0 Å². The third-order valence-electron chi connectivity index (χ3n) is 2.28. The smallest absolute Gasteiger partial charge is 0.322 e. The van der Waals surface area contributed by atoms with E-state index < -0.39 is 5.60 Å². The first-order valence-electron chi connectivity index (χ1n) is 5.91. The molecule has 2 N–H and O–H groups in total. The Morgan fingerprint density at radius 3 is 2.44 bits per heavy atom. The van der Waals surface area contributed by atoms with Crippen molar-refractivity contribution < 1.29 is 14.6 Å². The van der Waals surface area contributed by atoms with Gasteiger partial charge in [0.2, 0.25) is 0 Å². The Hall–Kier alpha value is -0.610. The lowest BCUT2D eigenvalue weighted by Gasteiger charge is -2.27. The van der Waals surface area contributed by atoms with Crippen LogP contribution < -0.4 is 5.32 Å². The van der Waals surface area contributed by atoms with Crippen molar-refractivity contribution in [1.29, 1.82) is 0 Å². The van der Waals surface area contributed by atoms with Gasteiger partial charge in [0.05, 0.1) is 12.2 Å². The Kier molecular flexibility index (Phi) is 6.60. The molecular weight excluding hydrogens is 206 g/mol. The highest BCUT2D eigenvalue weighted by molar-refractivity contribution is 5.75. The van der Waals surface area contributed by atoms with E-state index in [0.29, 0.717) is 25.5 Å². The summed E-state index contributed by atoms with van der Waals surface area (Å²) in [5, 5.41) is 13.0. The maximum Gasteiger partial charge on any atom is 0.322 e. The van der Waals surface area contributed by atoms with Gasteiger partial charge in [0, 0.05) is 6.54 Å². The number of esters is 1. The normalized spacial score (nSPS) is 16.9. The predicted molar refractivity (Wildman–Crippen MR) is 64.2 cm³/mol. The average molecular weight is 231 g/mol. The molecule has 0 aliphatic rings. The van der Waals surface area contributed by atoms with Crippen LogP contribution in [0.1, 0.15) is 41.0 Å². The first kappa shape index (κ1) is 15.4. The Bertz CT molecular complexity index is 214. The molecule has 0 aliphatic carbocycles. The first-order chi connectivity index (χ1) is 7.28. The van der Waals surface area contributed by atoms with Crippen molar-refractivity contribution in [1.82, 2.24) is 5.32 Å². The Morgan fingerprint density at radius 1 is 1.44 bits per heavy atom. The van der Waals surface area contributed by atoms with Gasteiger partial charge >= 0.3 is 5.97 Å². The van der Waals surface area contributed by atoms with Crippen LogP contribution in [0.5, 0.6) is 0 Å². The summed E-state index contributed by atoms with van der Waals surface area (Å²) in [7, 11) is 0. The molecule has 0 radical (unpaired) electrons. The van der Waals surface area contributed by atoms with Crippen LogP contribution in [0.15, 0.2) is 0 Å². The van der Waals surface area contributed by atoms with Gasteiger partial charge in [0.15, 0.2) is 0 Å². The highest BCUT2D eigenvalue weighted by atomic mass is 16.5. The van der Waals surface area contributed by atoms with E-state index in [1.54, 1.807) is 20.8 Å². The maximum absolute atomic E-state index is 11.3. The third kappa shape index (κ3) is 6.80. The molecule has 0 fully saturated rings. The minimum absolute atomic E-state index is 0.275. The highest BCUT2D eigenvalue weighted by Crippen LogP contribution is 2.15. The van der Waals surface area contributed by atoms with Crippen LogP contribution in [0.25, 0.3) is 0 Å². The van der Waals surface area contributed by atoms with Gasteiger partial charge < -0.3 is 15.2 Å². The standard InChI is InChI=1S/C12H25NO3/c1-6-16-11(14)10(4)13-8-12(5,15)7-9(2)3/h9-10,13,15H,6-8H2,1-5H3. The van der Waals surface area contributed by atoms with Crippen LogP contribution >= 0.6 is 0 Å². The largest absolute Gasteiger partial charge is 0.465 e. The molecule has 0 heterocycles. The molecule has 0 amide bonds. The van der Waals surface area contributed by atoms with Crippen molar-refractivity contribution in [2.24, 2.45) is 5.92 Å². The zero-order chi connectivity index (χ0) is 12.8. The second-order valence-electron chi connectivity index (χ2n) is 4.95. The molecule has 0 saturated heterocycles. The van der Waals surface area contributed by atoms with Crippen LogP contribution in [-0.2, 0) is 9.53 Å². The first-order valence-corrected chi connectivity index (χ1v) is 5.91. The van der Waals surface area contributed by atoms with E-state index in [0.717, 1.165) is 0 Å². The molecule has 16 heavy (non-hydrogen) atoms. The molecule has 4 nitrogen and oxygen atoms in total. The van der Waals surface area contributed by atoms with Crippen molar-refractivity contribution in [3.63, 3.8) is 0 Å². The monoisotopic (exact) mass is 231 g/mol. The third-order valence-corrected chi connectivity index (χ3v) is 2.28. The Labute approximate surface area is 98.4 Å². The molecule has 2 unspecified atom stereocenters. The predicted octanol–water partition coefficient (Wildman–Crippen LogP) is 1.32. The quantitative estimate of drug-likeness (QED) is 0.649. The molecule has 96 valence electrons. The van der Waals surface area contributed by atoms with E-state index in [9.17, 15) is 9.90 Å². The van der Waals surface area contributed by atoms with Gasteiger partial charge in [-0.1, -0.05) is 13.8 Å². The van der Waals surface area contributed by atoms with E-state index in [4.69, 9.17) is 4.74 Å². The molecule has 0 aromatic rings. The summed E-state index contributed by atoms with van der Waals surface area (Å²) in [5.41, 5.74) is -0.783. The van der Waals surface area contributed by atoms with Crippen LogP contribution in [-0.4, -0.2) is 35.9 Å². The van der Waals surface area contributed by atoms with E-state index in [2.05, 4.69) is 19.2 Å². The molecular formula is C12H25NO3. The lowest BCUT2D eigenvalue weighted by Crippen LogP contribution is -2.45. The van der Waals surface area contributed by atoms with E-state index in [-0.39, 0.29) is 12.0 Å². The zero-order valence-electron chi connectivity index (χ0n) is 11.0. The van der Waals surface area contributed by atoms with Gasteiger partial charge in [-0.3, -0.25) is 4.79 Å². The summed E-state index contributed by atoms with van der Waals surface area (Å²) in [4.78, 5) is 11.3. The van der Waals surface area contributed by atoms with Gasteiger partial charge in [-0.2, -0.15) is 0 Å². The fourth-order valence-corrected chi connectivity index (χ4v) is 1.68. The zero-order valence-corrected chi connectivity index (χ0v) is 11.0. The minimum Gasteiger partial charge on any atom is -0.465 e. The summed E-state index contributed by atoms with van der Waals surface area (Å²) < 4.78 is 4.87. The van der Waals surface area contributed by atoms with Crippen molar-refractivity contribution >= 4 is 5.97 Å². The molecule has 0 aliphatic heterocycles. The van der Waals surface area contributed by atoms with Gasteiger partial charge in [-0.25, -0.2) is 0 Å². The Balaban J connectivity index is 3.98. The summed E-state index contributed by atoms with van der Waals surface area (Å²) in [5.74, 6) is 0.151.